The highest BCUT2D eigenvalue weighted by molar-refractivity contribution is 6.38. The topological polar surface area (TPSA) is 3.24 Å². The van der Waals surface area contributed by atoms with E-state index in [-0.39, 0.29) is 9.68 Å². The van der Waals surface area contributed by atoms with Gasteiger partial charge in [-0.25, -0.2) is 0 Å². The molecule has 0 saturated heterocycles. The zero-order valence-corrected chi connectivity index (χ0v) is 12.4. The molecule has 0 aromatic carbocycles. The highest BCUT2D eigenvalue weighted by atomic mass is 28.2. The zero-order chi connectivity index (χ0) is 11.4. The van der Waals surface area contributed by atoms with Gasteiger partial charge in [-0.3, -0.25) is 0 Å². The van der Waals surface area contributed by atoms with Crippen LogP contribution in [0.5, 0.6) is 0 Å². The Kier molecular flexibility index (Phi) is 11.9. The van der Waals surface area contributed by atoms with E-state index in [1.807, 2.05) is 0 Å². The van der Waals surface area contributed by atoms with Crippen LogP contribution in [0.1, 0.15) is 59.3 Å². The normalized spacial score (nSPS) is 12.5. The Morgan fingerprint density at radius 2 is 1.53 bits per heavy atom. The first kappa shape index (κ1) is 14.9. The van der Waals surface area contributed by atoms with Gasteiger partial charge in [0.05, 0.1) is 0 Å². The van der Waals surface area contributed by atoms with E-state index in [0.29, 0.717) is 0 Å². The fourth-order valence-electron chi connectivity index (χ4n) is 1.57. The summed E-state index contributed by atoms with van der Waals surface area (Å²) in [6.45, 7) is 9.48. The maximum Gasteiger partial charge on any atom is 0.119 e. The summed E-state index contributed by atoms with van der Waals surface area (Å²) in [7, 11) is -0.0829. The molecule has 0 bridgehead atoms. The van der Waals surface area contributed by atoms with E-state index >= 15 is 0 Å². The van der Waals surface area contributed by atoms with Crippen molar-refractivity contribution in [3.8, 4) is 0 Å². The Hall–Kier alpha value is -0.0831. The van der Waals surface area contributed by atoms with E-state index in [4.69, 9.17) is 0 Å². The van der Waals surface area contributed by atoms with Crippen LogP contribution < -0.4 is 0 Å². The lowest BCUT2D eigenvalue weighted by Gasteiger charge is -2.19. The van der Waals surface area contributed by atoms with Crippen molar-refractivity contribution in [3.63, 3.8) is 0 Å². The minimum atomic E-state index is -0.0829. The van der Waals surface area contributed by atoms with Gasteiger partial charge in [0.25, 0.3) is 0 Å². The summed E-state index contributed by atoms with van der Waals surface area (Å²) in [4.78, 5) is 0. The second kappa shape index (κ2) is 12.0. The molecule has 0 amide bonds. The molecule has 0 fully saturated rings. The standard InChI is InChI=1S/C13H29NSi/c1-4-7-10-13-15-14(11-8-5-2)12-9-6-3/h10,13H,4-9,11-12,15H2,1-3H3. The summed E-state index contributed by atoms with van der Waals surface area (Å²) in [5, 5.41) is 0. The highest BCUT2D eigenvalue weighted by Crippen LogP contribution is 1.98. The number of allylic oxidation sites excluding steroid dienone is 1. The van der Waals surface area contributed by atoms with Crippen molar-refractivity contribution in [1.82, 2.24) is 4.57 Å². The fourth-order valence-corrected chi connectivity index (χ4v) is 3.06. The SMILES string of the molecule is CCCC=C[SiH2]N(CCCC)CCCC. The summed E-state index contributed by atoms with van der Waals surface area (Å²) in [5.41, 5.74) is 2.48. The van der Waals surface area contributed by atoms with Crippen molar-refractivity contribution in [1.29, 1.82) is 0 Å². The van der Waals surface area contributed by atoms with Crippen molar-refractivity contribution in [2.75, 3.05) is 13.1 Å². The summed E-state index contributed by atoms with van der Waals surface area (Å²) >= 11 is 0. The molecule has 90 valence electrons. The lowest BCUT2D eigenvalue weighted by molar-refractivity contribution is 0.423. The minimum Gasteiger partial charge on any atom is -0.325 e. The van der Waals surface area contributed by atoms with Crippen LogP contribution in [-0.4, -0.2) is 27.3 Å². The summed E-state index contributed by atoms with van der Waals surface area (Å²) < 4.78 is 2.72. The van der Waals surface area contributed by atoms with Crippen LogP contribution >= 0.6 is 0 Å². The average Bonchev–Trinajstić information content (AvgIpc) is 2.27. The van der Waals surface area contributed by atoms with Gasteiger partial charge in [0.15, 0.2) is 0 Å². The molecule has 0 rings (SSSR count). The molecule has 1 nitrogen and oxygen atoms in total. The lowest BCUT2D eigenvalue weighted by atomic mass is 10.3. The van der Waals surface area contributed by atoms with Crippen molar-refractivity contribution < 1.29 is 0 Å². The summed E-state index contributed by atoms with van der Waals surface area (Å²) in [6, 6.07) is 0. The Labute approximate surface area is 98.8 Å². The Balaban J connectivity index is 3.67. The first-order valence-electron chi connectivity index (χ1n) is 6.72. The minimum absolute atomic E-state index is 0.0829. The molecule has 0 aliphatic heterocycles. The van der Waals surface area contributed by atoms with Crippen LogP contribution in [-0.2, 0) is 0 Å². The molecule has 0 aromatic heterocycles. The van der Waals surface area contributed by atoms with Crippen molar-refractivity contribution in [2.45, 2.75) is 59.3 Å². The molecule has 0 aliphatic carbocycles. The maximum absolute atomic E-state index is 2.72. The van der Waals surface area contributed by atoms with Gasteiger partial charge in [0.1, 0.15) is 9.68 Å². The van der Waals surface area contributed by atoms with Gasteiger partial charge in [-0.05, 0) is 32.4 Å². The second-order valence-corrected chi connectivity index (χ2v) is 6.00. The predicted octanol–water partition coefficient (Wildman–Crippen LogP) is 3.29. The molecule has 0 aliphatic rings. The van der Waals surface area contributed by atoms with Gasteiger partial charge >= 0.3 is 0 Å². The molecule has 0 aromatic rings. The van der Waals surface area contributed by atoms with Crippen LogP contribution in [0, 0.1) is 0 Å². The van der Waals surface area contributed by atoms with Gasteiger partial charge in [-0.1, -0.05) is 51.8 Å². The van der Waals surface area contributed by atoms with Crippen LogP contribution in [0.3, 0.4) is 0 Å². The number of hydrogen-bond donors (Lipinski definition) is 0. The Morgan fingerprint density at radius 3 is 2.00 bits per heavy atom. The van der Waals surface area contributed by atoms with Crippen molar-refractivity contribution >= 4 is 9.68 Å². The van der Waals surface area contributed by atoms with E-state index in [1.54, 1.807) is 0 Å². The van der Waals surface area contributed by atoms with E-state index in [1.165, 1.54) is 51.6 Å². The van der Waals surface area contributed by atoms with E-state index in [2.05, 4.69) is 37.1 Å². The number of rotatable bonds is 10. The number of unbranched alkanes of at least 4 members (excludes halogenated alkanes) is 3. The highest BCUT2D eigenvalue weighted by Gasteiger charge is 2.00. The first-order valence-corrected chi connectivity index (χ1v) is 8.17. The smallest absolute Gasteiger partial charge is 0.119 e. The van der Waals surface area contributed by atoms with Gasteiger partial charge in [0, 0.05) is 0 Å². The molecule has 15 heavy (non-hydrogen) atoms. The van der Waals surface area contributed by atoms with Gasteiger partial charge in [-0.2, -0.15) is 0 Å². The van der Waals surface area contributed by atoms with Crippen LogP contribution in [0.2, 0.25) is 0 Å². The molecule has 0 unspecified atom stereocenters. The summed E-state index contributed by atoms with van der Waals surface area (Å²) in [6.07, 6.45) is 10.3. The van der Waals surface area contributed by atoms with E-state index in [0.717, 1.165) is 0 Å². The third kappa shape index (κ3) is 10.2. The molecule has 0 spiro atoms. The Morgan fingerprint density at radius 1 is 0.933 bits per heavy atom. The monoisotopic (exact) mass is 227 g/mol. The van der Waals surface area contributed by atoms with Gasteiger partial charge < -0.3 is 4.57 Å². The molecule has 0 atom stereocenters. The number of hydrogen-bond acceptors (Lipinski definition) is 1. The summed E-state index contributed by atoms with van der Waals surface area (Å²) in [5.74, 6) is 0. The largest absolute Gasteiger partial charge is 0.325 e. The van der Waals surface area contributed by atoms with E-state index in [9.17, 15) is 0 Å². The van der Waals surface area contributed by atoms with Crippen LogP contribution in [0.4, 0.5) is 0 Å². The first-order chi connectivity index (χ1) is 7.35. The van der Waals surface area contributed by atoms with Crippen LogP contribution in [0.15, 0.2) is 11.8 Å². The fraction of sp³-hybridized carbons (Fsp3) is 0.846. The molecule has 0 heterocycles. The lowest BCUT2D eigenvalue weighted by Crippen LogP contribution is -2.29. The quantitative estimate of drug-likeness (QED) is 0.518. The van der Waals surface area contributed by atoms with E-state index < -0.39 is 0 Å². The molecule has 2 heteroatoms. The zero-order valence-electron chi connectivity index (χ0n) is 11.0. The van der Waals surface area contributed by atoms with Crippen molar-refractivity contribution in [3.05, 3.63) is 11.8 Å². The molecular formula is C13H29NSi. The molecule has 0 N–H and O–H groups in total. The van der Waals surface area contributed by atoms with Gasteiger partial charge in [0.2, 0.25) is 0 Å². The molecule has 0 radical (unpaired) electrons. The number of nitrogens with zero attached hydrogens (tertiary/aromatic N) is 1. The second-order valence-electron chi connectivity index (χ2n) is 4.27. The van der Waals surface area contributed by atoms with Gasteiger partial charge in [-0.15, -0.1) is 0 Å². The molecule has 0 saturated carbocycles. The third-order valence-corrected chi connectivity index (χ3v) is 4.33. The molecular weight excluding hydrogens is 198 g/mol. The average molecular weight is 227 g/mol. The van der Waals surface area contributed by atoms with Crippen LogP contribution in [0.25, 0.3) is 0 Å². The Bertz CT molecular complexity index is 137. The maximum atomic E-state index is 2.72. The predicted molar refractivity (Wildman–Crippen MR) is 74.0 cm³/mol. The third-order valence-electron chi connectivity index (χ3n) is 2.64. The van der Waals surface area contributed by atoms with Crippen molar-refractivity contribution in [2.24, 2.45) is 0 Å².